The normalized spacial score (nSPS) is 18.6. The third-order valence-electron chi connectivity index (χ3n) is 5.99. The molecule has 3 heterocycles. The van der Waals surface area contributed by atoms with Crippen molar-refractivity contribution in [3.8, 4) is 23.0 Å². The van der Waals surface area contributed by atoms with Crippen molar-refractivity contribution in [2.24, 2.45) is 0 Å². The smallest absolute Gasteiger partial charge is 0.296 e. The van der Waals surface area contributed by atoms with Gasteiger partial charge in [0.15, 0.2) is 11.5 Å². The molecule has 0 spiro atoms. The monoisotopic (exact) mass is 477 g/mol. The quantitative estimate of drug-likeness (QED) is 0.325. The SMILES string of the molecule is COc1ccc(OC)c([C@@H]2C(=C(O)c3ccc4c(c3)OCCO4)C(=O)C(=O)N2Cc2ccco2)c1. The van der Waals surface area contributed by atoms with Gasteiger partial charge in [-0.25, -0.2) is 0 Å². The summed E-state index contributed by atoms with van der Waals surface area (Å²) in [7, 11) is 3.01. The zero-order valence-corrected chi connectivity index (χ0v) is 19.1. The van der Waals surface area contributed by atoms with E-state index in [2.05, 4.69) is 0 Å². The van der Waals surface area contributed by atoms with Gasteiger partial charge in [0.25, 0.3) is 11.7 Å². The molecule has 0 radical (unpaired) electrons. The van der Waals surface area contributed by atoms with Gasteiger partial charge in [-0.2, -0.15) is 0 Å². The van der Waals surface area contributed by atoms with Crippen molar-refractivity contribution in [2.45, 2.75) is 12.6 Å². The maximum Gasteiger partial charge on any atom is 0.296 e. The topological polar surface area (TPSA) is 108 Å². The van der Waals surface area contributed by atoms with Crippen LogP contribution >= 0.6 is 0 Å². The van der Waals surface area contributed by atoms with Crippen LogP contribution in [-0.4, -0.2) is 49.1 Å². The molecule has 2 aliphatic heterocycles. The van der Waals surface area contributed by atoms with Gasteiger partial charge in [0.05, 0.1) is 38.6 Å². The highest BCUT2D eigenvalue weighted by Crippen LogP contribution is 2.45. The van der Waals surface area contributed by atoms with E-state index in [-0.39, 0.29) is 17.9 Å². The zero-order valence-electron chi connectivity index (χ0n) is 19.1. The molecule has 5 rings (SSSR count). The molecule has 1 N–H and O–H groups in total. The van der Waals surface area contributed by atoms with Crippen molar-refractivity contribution in [3.63, 3.8) is 0 Å². The number of fused-ring (bicyclic) bond motifs is 1. The van der Waals surface area contributed by atoms with Crippen LogP contribution < -0.4 is 18.9 Å². The Morgan fingerprint density at radius 2 is 1.83 bits per heavy atom. The predicted octanol–water partition coefficient (Wildman–Crippen LogP) is 3.69. The first-order valence-corrected chi connectivity index (χ1v) is 10.9. The highest BCUT2D eigenvalue weighted by Gasteiger charge is 2.47. The molecule has 35 heavy (non-hydrogen) atoms. The average Bonchev–Trinajstić information content (AvgIpc) is 3.50. The highest BCUT2D eigenvalue weighted by molar-refractivity contribution is 6.46. The Kier molecular flexibility index (Phi) is 5.82. The third-order valence-corrected chi connectivity index (χ3v) is 5.99. The fraction of sp³-hybridized carbons (Fsp3) is 0.231. The van der Waals surface area contributed by atoms with Crippen molar-refractivity contribution >= 4 is 17.4 Å². The second-order valence-electron chi connectivity index (χ2n) is 7.97. The number of furan rings is 1. The first-order chi connectivity index (χ1) is 17.0. The second-order valence-corrected chi connectivity index (χ2v) is 7.97. The summed E-state index contributed by atoms with van der Waals surface area (Å²) in [5.41, 5.74) is 0.721. The molecule has 0 unspecified atom stereocenters. The lowest BCUT2D eigenvalue weighted by molar-refractivity contribution is -0.140. The number of amides is 1. The van der Waals surface area contributed by atoms with E-state index >= 15 is 0 Å². The number of aliphatic hydroxyl groups excluding tert-OH is 1. The van der Waals surface area contributed by atoms with E-state index in [1.54, 1.807) is 48.5 Å². The number of benzene rings is 2. The van der Waals surface area contributed by atoms with Crippen molar-refractivity contribution in [3.05, 3.63) is 77.3 Å². The van der Waals surface area contributed by atoms with E-state index < -0.39 is 17.7 Å². The molecule has 2 aromatic carbocycles. The van der Waals surface area contributed by atoms with Crippen LogP contribution in [0.25, 0.3) is 5.76 Å². The van der Waals surface area contributed by atoms with Crippen LogP contribution in [-0.2, 0) is 16.1 Å². The first kappa shape index (κ1) is 22.4. The van der Waals surface area contributed by atoms with Gasteiger partial charge in [-0.05, 0) is 48.5 Å². The molecule has 0 aliphatic carbocycles. The van der Waals surface area contributed by atoms with Gasteiger partial charge in [-0.15, -0.1) is 0 Å². The maximum atomic E-state index is 13.3. The van der Waals surface area contributed by atoms with Gasteiger partial charge >= 0.3 is 0 Å². The van der Waals surface area contributed by atoms with E-state index in [1.165, 1.54) is 25.4 Å². The van der Waals surface area contributed by atoms with E-state index in [1.807, 2.05) is 0 Å². The van der Waals surface area contributed by atoms with Crippen molar-refractivity contribution in [1.29, 1.82) is 0 Å². The Hall–Kier alpha value is -4.40. The number of aliphatic hydroxyl groups is 1. The summed E-state index contributed by atoms with van der Waals surface area (Å²) in [4.78, 5) is 27.9. The Morgan fingerprint density at radius 1 is 1.03 bits per heavy atom. The van der Waals surface area contributed by atoms with Crippen LogP contribution in [0.2, 0.25) is 0 Å². The molecule has 1 atom stereocenters. The summed E-state index contributed by atoms with van der Waals surface area (Å²) < 4.78 is 27.5. The van der Waals surface area contributed by atoms with Gasteiger partial charge < -0.3 is 33.4 Å². The second kappa shape index (κ2) is 9.09. The molecular formula is C26H23NO8. The van der Waals surface area contributed by atoms with Crippen LogP contribution in [0.15, 0.2) is 64.8 Å². The lowest BCUT2D eigenvalue weighted by Crippen LogP contribution is -2.29. The predicted molar refractivity (Wildman–Crippen MR) is 124 cm³/mol. The third kappa shape index (κ3) is 3.95. The number of carbonyl (C=O) groups excluding carboxylic acids is 2. The lowest BCUT2D eigenvalue weighted by atomic mass is 9.94. The molecule has 0 bridgehead atoms. The van der Waals surface area contributed by atoms with Crippen molar-refractivity contribution in [2.75, 3.05) is 27.4 Å². The van der Waals surface area contributed by atoms with Crippen molar-refractivity contribution < 1.29 is 38.1 Å². The molecule has 0 saturated carbocycles. The summed E-state index contributed by atoms with van der Waals surface area (Å²) >= 11 is 0. The number of hydrogen-bond acceptors (Lipinski definition) is 8. The number of carbonyl (C=O) groups is 2. The standard InChI is InChI=1S/C26H23NO8/c1-31-16-6-8-19(32-2)18(13-16)23-22(25(29)26(30)27(23)14-17-4-3-9-33-17)24(28)15-5-7-20-21(12-15)35-11-10-34-20/h3-9,12-13,23,28H,10-11,14H2,1-2H3/t23-/m1/s1. The van der Waals surface area contributed by atoms with Crippen LogP contribution in [0.4, 0.5) is 0 Å². The molecule has 1 fully saturated rings. The van der Waals surface area contributed by atoms with Crippen LogP contribution in [0.3, 0.4) is 0 Å². The van der Waals surface area contributed by atoms with E-state index in [0.29, 0.717) is 53.1 Å². The molecular weight excluding hydrogens is 454 g/mol. The van der Waals surface area contributed by atoms with Crippen LogP contribution in [0, 0.1) is 0 Å². The van der Waals surface area contributed by atoms with E-state index in [4.69, 9.17) is 23.4 Å². The van der Waals surface area contributed by atoms with Crippen LogP contribution in [0.5, 0.6) is 23.0 Å². The Balaban J connectivity index is 1.69. The summed E-state index contributed by atoms with van der Waals surface area (Å²) in [6.45, 7) is 0.804. The number of likely N-dealkylation sites (tertiary alicyclic amines) is 1. The number of ether oxygens (including phenoxy) is 4. The summed E-state index contributed by atoms with van der Waals surface area (Å²) in [6.07, 6.45) is 1.49. The number of Topliss-reactive ketones (excluding diaryl/α,β-unsaturated/α-hetero) is 1. The van der Waals surface area contributed by atoms with Crippen LogP contribution in [0.1, 0.15) is 22.9 Å². The first-order valence-electron chi connectivity index (χ1n) is 10.9. The maximum absolute atomic E-state index is 13.3. The van der Waals surface area contributed by atoms with Crippen molar-refractivity contribution in [1.82, 2.24) is 4.90 Å². The van der Waals surface area contributed by atoms with E-state index in [0.717, 1.165) is 0 Å². The largest absolute Gasteiger partial charge is 0.507 e. The fourth-order valence-corrected chi connectivity index (χ4v) is 4.34. The number of ketones is 1. The summed E-state index contributed by atoms with van der Waals surface area (Å²) in [6, 6.07) is 12.4. The minimum Gasteiger partial charge on any atom is -0.507 e. The van der Waals surface area contributed by atoms with Gasteiger partial charge in [0.2, 0.25) is 0 Å². The van der Waals surface area contributed by atoms with Gasteiger partial charge in [-0.3, -0.25) is 9.59 Å². The van der Waals surface area contributed by atoms with Gasteiger partial charge in [0, 0.05) is 11.1 Å². The van der Waals surface area contributed by atoms with E-state index in [9.17, 15) is 14.7 Å². The molecule has 1 amide bonds. The minimum absolute atomic E-state index is 0.0144. The summed E-state index contributed by atoms with van der Waals surface area (Å²) in [5, 5.41) is 11.4. The Labute approximate surface area is 201 Å². The molecule has 3 aromatic rings. The lowest BCUT2D eigenvalue weighted by Gasteiger charge is -2.26. The number of hydrogen-bond donors (Lipinski definition) is 1. The zero-order chi connectivity index (χ0) is 24.5. The number of nitrogens with zero attached hydrogens (tertiary/aromatic N) is 1. The van der Waals surface area contributed by atoms with Gasteiger partial charge in [0.1, 0.15) is 36.2 Å². The molecule has 9 nitrogen and oxygen atoms in total. The molecule has 2 aliphatic rings. The Morgan fingerprint density at radius 3 is 2.54 bits per heavy atom. The average molecular weight is 477 g/mol. The fourth-order valence-electron chi connectivity index (χ4n) is 4.34. The Bertz CT molecular complexity index is 1310. The molecule has 1 saturated heterocycles. The molecule has 180 valence electrons. The highest BCUT2D eigenvalue weighted by atomic mass is 16.6. The number of rotatable bonds is 6. The summed E-state index contributed by atoms with van der Waals surface area (Å²) in [5.74, 6) is 0.473. The minimum atomic E-state index is -0.960. The van der Waals surface area contributed by atoms with Gasteiger partial charge in [-0.1, -0.05) is 0 Å². The number of methoxy groups -OCH3 is 2. The molecule has 1 aromatic heterocycles. The molecule has 9 heteroatoms.